The fourth-order valence-corrected chi connectivity index (χ4v) is 1.91. The van der Waals surface area contributed by atoms with Crippen LogP contribution in [-0.4, -0.2) is 11.1 Å². The summed E-state index contributed by atoms with van der Waals surface area (Å²) in [4.78, 5) is 15.3. The van der Waals surface area contributed by atoms with E-state index in [9.17, 15) is 4.79 Å². The first-order valence-corrected chi connectivity index (χ1v) is 4.61. The molecule has 1 aliphatic carbocycles. The lowest BCUT2D eigenvalue weighted by molar-refractivity contribution is 0.0695. The van der Waals surface area contributed by atoms with Crippen molar-refractivity contribution < 1.29 is 9.90 Å². The summed E-state index contributed by atoms with van der Waals surface area (Å²) in [6, 6.07) is 5.23. The van der Waals surface area contributed by atoms with Crippen molar-refractivity contribution in [1.29, 1.82) is 0 Å². The standard InChI is InChI=1S/C12H7NO2/c14-12(15)9-5-1-4-8-7-3-2-6-10(7)13-11(8)9/h1-6H,(H,14,15). The first kappa shape index (κ1) is 8.17. The van der Waals surface area contributed by atoms with Gasteiger partial charge in [-0.1, -0.05) is 24.3 Å². The van der Waals surface area contributed by atoms with Crippen molar-refractivity contribution in [2.24, 2.45) is 4.99 Å². The number of benzene rings is 1. The average molecular weight is 197 g/mol. The van der Waals surface area contributed by atoms with E-state index in [4.69, 9.17) is 5.11 Å². The summed E-state index contributed by atoms with van der Waals surface area (Å²) >= 11 is 0. The molecule has 0 fully saturated rings. The van der Waals surface area contributed by atoms with Gasteiger partial charge in [-0.05, 0) is 12.1 Å². The van der Waals surface area contributed by atoms with E-state index in [1.165, 1.54) is 0 Å². The van der Waals surface area contributed by atoms with Crippen LogP contribution in [0.3, 0.4) is 0 Å². The molecular formula is C12H7NO2. The summed E-state index contributed by atoms with van der Waals surface area (Å²) in [5, 5.41) is 10.5. The number of carboxylic acid groups (broad SMARTS) is 1. The highest BCUT2D eigenvalue weighted by Crippen LogP contribution is 2.20. The molecular weight excluding hydrogens is 190 g/mol. The number of nitrogens with zero attached hydrogens (tertiary/aromatic N) is 1. The molecule has 15 heavy (non-hydrogen) atoms. The molecule has 0 aromatic heterocycles. The van der Waals surface area contributed by atoms with Crippen molar-refractivity contribution in [2.75, 3.05) is 0 Å². The highest BCUT2D eigenvalue weighted by Gasteiger charge is 2.17. The van der Waals surface area contributed by atoms with Crippen molar-refractivity contribution in [1.82, 2.24) is 0 Å². The minimum atomic E-state index is -0.930. The van der Waals surface area contributed by atoms with Gasteiger partial charge in [0.15, 0.2) is 0 Å². The van der Waals surface area contributed by atoms with Crippen LogP contribution in [0.1, 0.15) is 10.4 Å². The van der Waals surface area contributed by atoms with Crippen LogP contribution in [0.5, 0.6) is 0 Å². The van der Waals surface area contributed by atoms with Gasteiger partial charge in [0, 0.05) is 10.8 Å². The van der Waals surface area contributed by atoms with Crippen LogP contribution in [0.25, 0.3) is 5.57 Å². The zero-order valence-corrected chi connectivity index (χ0v) is 7.77. The Morgan fingerprint density at radius 1 is 1.33 bits per heavy atom. The van der Waals surface area contributed by atoms with Crippen LogP contribution in [0.2, 0.25) is 0 Å². The second-order valence-electron chi connectivity index (χ2n) is 3.44. The van der Waals surface area contributed by atoms with E-state index in [0.29, 0.717) is 5.36 Å². The van der Waals surface area contributed by atoms with Gasteiger partial charge >= 0.3 is 5.97 Å². The quantitative estimate of drug-likeness (QED) is 0.717. The number of fused-ring (bicyclic) bond motifs is 2. The number of carbonyl (C=O) groups is 1. The lowest BCUT2D eigenvalue weighted by atomic mass is 10.1. The van der Waals surface area contributed by atoms with E-state index in [2.05, 4.69) is 4.99 Å². The minimum absolute atomic E-state index is 0.267. The molecule has 0 bridgehead atoms. The molecule has 1 N–H and O–H groups in total. The Morgan fingerprint density at radius 2 is 2.20 bits per heavy atom. The number of para-hydroxylation sites is 1. The van der Waals surface area contributed by atoms with Gasteiger partial charge in [0.05, 0.1) is 16.6 Å². The molecule has 1 aromatic rings. The molecule has 0 radical (unpaired) electrons. The monoisotopic (exact) mass is 197 g/mol. The molecule has 3 rings (SSSR count). The SMILES string of the molecule is O=C(O)c1cccc2c1=NC1=CC=CC=21. The molecule has 0 saturated heterocycles. The first-order valence-electron chi connectivity index (χ1n) is 4.61. The smallest absolute Gasteiger partial charge is 0.337 e. The molecule has 0 atom stereocenters. The lowest BCUT2D eigenvalue weighted by Crippen LogP contribution is -2.29. The van der Waals surface area contributed by atoms with Gasteiger partial charge in [0.2, 0.25) is 0 Å². The Balaban J connectivity index is 2.49. The third kappa shape index (κ3) is 1.00. The van der Waals surface area contributed by atoms with Crippen LogP contribution in [0.15, 0.2) is 47.1 Å². The van der Waals surface area contributed by atoms with Crippen molar-refractivity contribution in [2.45, 2.75) is 0 Å². The highest BCUT2D eigenvalue weighted by molar-refractivity contribution is 5.89. The Kier molecular flexibility index (Phi) is 1.45. The molecule has 1 heterocycles. The van der Waals surface area contributed by atoms with E-state index < -0.39 is 5.97 Å². The molecule has 1 aromatic carbocycles. The maximum Gasteiger partial charge on any atom is 0.337 e. The van der Waals surface area contributed by atoms with Gasteiger partial charge in [0.1, 0.15) is 0 Å². The highest BCUT2D eigenvalue weighted by atomic mass is 16.4. The Labute approximate surface area is 85.4 Å². The third-order valence-corrected chi connectivity index (χ3v) is 2.58. The normalized spacial score (nSPS) is 15.7. The molecule has 0 spiro atoms. The summed E-state index contributed by atoms with van der Waals surface area (Å²) in [5.74, 6) is -0.930. The second kappa shape index (κ2) is 2.67. The molecule has 3 heteroatoms. The first-order chi connectivity index (χ1) is 7.27. The Bertz CT molecular complexity index is 651. The summed E-state index contributed by atoms with van der Waals surface area (Å²) in [6.07, 6.45) is 5.77. The van der Waals surface area contributed by atoms with Crippen molar-refractivity contribution >= 4 is 11.5 Å². The summed E-state index contributed by atoms with van der Waals surface area (Å²) in [6.45, 7) is 0. The maximum absolute atomic E-state index is 11.0. The summed E-state index contributed by atoms with van der Waals surface area (Å²) < 4.78 is 0. The van der Waals surface area contributed by atoms with Gasteiger partial charge in [-0.3, -0.25) is 0 Å². The Hall–Kier alpha value is -2.16. The van der Waals surface area contributed by atoms with Gasteiger partial charge in [-0.15, -0.1) is 0 Å². The predicted octanol–water partition coefficient (Wildman–Crippen LogP) is 0.622. The number of hydrogen-bond donors (Lipinski definition) is 1. The molecule has 0 unspecified atom stereocenters. The van der Waals surface area contributed by atoms with Crippen LogP contribution in [0.4, 0.5) is 0 Å². The number of aromatic carboxylic acids is 1. The zero-order chi connectivity index (χ0) is 10.4. The van der Waals surface area contributed by atoms with E-state index in [-0.39, 0.29) is 5.56 Å². The van der Waals surface area contributed by atoms with Gasteiger partial charge < -0.3 is 5.11 Å². The molecule has 3 nitrogen and oxygen atoms in total. The number of carboxylic acids is 1. The van der Waals surface area contributed by atoms with Crippen LogP contribution < -0.4 is 10.6 Å². The van der Waals surface area contributed by atoms with E-state index >= 15 is 0 Å². The maximum atomic E-state index is 11.0. The fourth-order valence-electron chi connectivity index (χ4n) is 1.91. The third-order valence-electron chi connectivity index (χ3n) is 2.58. The topological polar surface area (TPSA) is 49.7 Å². The minimum Gasteiger partial charge on any atom is -0.478 e. The average Bonchev–Trinajstić information content (AvgIpc) is 2.75. The van der Waals surface area contributed by atoms with Crippen molar-refractivity contribution in [3.8, 4) is 0 Å². The lowest BCUT2D eigenvalue weighted by Gasteiger charge is -1.92. The van der Waals surface area contributed by atoms with Gasteiger partial charge in [-0.25, -0.2) is 9.79 Å². The largest absolute Gasteiger partial charge is 0.478 e. The zero-order valence-electron chi connectivity index (χ0n) is 7.77. The Morgan fingerprint density at radius 3 is 3.00 bits per heavy atom. The van der Waals surface area contributed by atoms with Crippen molar-refractivity contribution in [3.63, 3.8) is 0 Å². The van der Waals surface area contributed by atoms with E-state index in [0.717, 1.165) is 16.5 Å². The number of allylic oxidation sites excluding steroid dienone is 3. The van der Waals surface area contributed by atoms with Crippen molar-refractivity contribution in [3.05, 3.63) is 58.3 Å². The predicted molar refractivity (Wildman–Crippen MR) is 54.8 cm³/mol. The van der Waals surface area contributed by atoms with Crippen LogP contribution in [-0.2, 0) is 0 Å². The summed E-state index contributed by atoms with van der Waals surface area (Å²) in [7, 11) is 0. The van der Waals surface area contributed by atoms with Gasteiger partial charge in [-0.2, -0.15) is 0 Å². The van der Waals surface area contributed by atoms with Crippen LogP contribution >= 0.6 is 0 Å². The molecule has 0 amide bonds. The number of rotatable bonds is 1. The fraction of sp³-hybridized carbons (Fsp3) is 0. The molecule has 72 valence electrons. The second-order valence-corrected chi connectivity index (χ2v) is 3.44. The number of hydrogen-bond acceptors (Lipinski definition) is 2. The molecule has 1 aliphatic heterocycles. The molecule has 0 saturated carbocycles. The summed E-state index contributed by atoms with van der Waals surface area (Å²) in [5.41, 5.74) is 2.15. The molecule has 2 aliphatic rings. The van der Waals surface area contributed by atoms with Gasteiger partial charge in [0.25, 0.3) is 0 Å². The van der Waals surface area contributed by atoms with E-state index in [1.807, 2.05) is 24.3 Å². The van der Waals surface area contributed by atoms with E-state index in [1.54, 1.807) is 12.1 Å². The van der Waals surface area contributed by atoms with Crippen LogP contribution in [0, 0.1) is 0 Å².